The fourth-order valence-electron chi connectivity index (χ4n) is 2.00. The average Bonchev–Trinajstić information content (AvgIpc) is 2.71. The lowest BCUT2D eigenvalue weighted by Gasteiger charge is -2.11. The number of sulfonamides is 1. The lowest BCUT2D eigenvalue weighted by Crippen LogP contribution is -2.15. The number of carboxylic acid groups (broad SMARTS) is 1. The van der Waals surface area contributed by atoms with Crippen molar-refractivity contribution in [1.82, 2.24) is 0 Å². The van der Waals surface area contributed by atoms with E-state index in [1.54, 1.807) is 26.0 Å². The molecule has 0 saturated carbocycles. The summed E-state index contributed by atoms with van der Waals surface area (Å²) in [4.78, 5) is 13.0. The highest BCUT2D eigenvalue weighted by Gasteiger charge is 2.21. The zero-order valence-corrected chi connectivity index (χ0v) is 13.4. The molecule has 0 radical (unpaired) electrons. The zero-order chi connectivity index (χ0) is 15.8. The molecule has 1 aromatic heterocycles. The van der Waals surface area contributed by atoms with Gasteiger partial charge in [-0.15, -0.1) is 11.3 Å². The molecule has 0 aliphatic carbocycles. The van der Waals surface area contributed by atoms with Crippen LogP contribution in [-0.2, 0) is 10.0 Å². The number of carbonyl (C=O) groups is 1. The van der Waals surface area contributed by atoms with Gasteiger partial charge in [-0.05, 0) is 39.0 Å². The van der Waals surface area contributed by atoms with Crippen LogP contribution in [0.5, 0.6) is 0 Å². The summed E-state index contributed by atoms with van der Waals surface area (Å²) in [5, 5.41) is 9.18. The van der Waals surface area contributed by atoms with Crippen LogP contribution in [0.3, 0.4) is 0 Å². The SMILES string of the molecule is Cc1ccc(NS(=O)(=O)c2cc(C)sc2C)c(C(=O)O)c1. The van der Waals surface area contributed by atoms with Crippen LogP contribution in [0, 0.1) is 20.8 Å². The van der Waals surface area contributed by atoms with Crippen molar-refractivity contribution in [2.24, 2.45) is 0 Å². The molecule has 0 aliphatic heterocycles. The van der Waals surface area contributed by atoms with Gasteiger partial charge < -0.3 is 5.11 Å². The molecule has 2 rings (SSSR count). The number of anilines is 1. The van der Waals surface area contributed by atoms with Crippen LogP contribution in [0.4, 0.5) is 5.69 Å². The van der Waals surface area contributed by atoms with Crippen LogP contribution in [-0.4, -0.2) is 19.5 Å². The first-order valence-corrected chi connectivity index (χ1v) is 8.44. The molecule has 7 heteroatoms. The Morgan fingerprint density at radius 2 is 1.86 bits per heavy atom. The number of rotatable bonds is 4. The maximum absolute atomic E-state index is 12.4. The number of nitrogens with one attached hydrogen (secondary N) is 1. The predicted octanol–water partition coefficient (Wildman–Crippen LogP) is 3.17. The number of thiophene rings is 1. The Hall–Kier alpha value is -1.86. The maximum atomic E-state index is 12.4. The van der Waals surface area contributed by atoms with E-state index >= 15 is 0 Å². The zero-order valence-electron chi connectivity index (χ0n) is 11.8. The van der Waals surface area contributed by atoms with Crippen molar-refractivity contribution in [1.29, 1.82) is 0 Å². The van der Waals surface area contributed by atoms with Gasteiger partial charge in [0, 0.05) is 9.75 Å². The monoisotopic (exact) mass is 325 g/mol. The molecule has 1 aromatic carbocycles. The molecule has 0 unspecified atom stereocenters. The third-order valence-electron chi connectivity index (χ3n) is 2.93. The van der Waals surface area contributed by atoms with Gasteiger partial charge in [-0.25, -0.2) is 13.2 Å². The summed E-state index contributed by atoms with van der Waals surface area (Å²) in [6, 6.07) is 6.14. The molecular formula is C14H15NO4S2. The molecule has 5 nitrogen and oxygen atoms in total. The summed E-state index contributed by atoms with van der Waals surface area (Å²) in [5.74, 6) is -1.17. The van der Waals surface area contributed by atoms with E-state index in [0.717, 1.165) is 10.4 Å². The van der Waals surface area contributed by atoms with E-state index in [1.807, 2.05) is 6.92 Å². The lowest BCUT2D eigenvalue weighted by molar-refractivity contribution is 0.0698. The quantitative estimate of drug-likeness (QED) is 0.904. The van der Waals surface area contributed by atoms with Crippen LogP contribution >= 0.6 is 11.3 Å². The highest BCUT2D eigenvalue weighted by Crippen LogP contribution is 2.28. The van der Waals surface area contributed by atoms with Crippen LogP contribution in [0.15, 0.2) is 29.2 Å². The molecular weight excluding hydrogens is 310 g/mol. The molecule has 0 saturated heterocycles. The summed E-state index contributed by atoms with van der Waals surface area (Å²) < 4.78 is 27.2. The summed E-state index contributed by atoms with van der Waals surface area (Å²) >= 11 is 1.38. The van der Waals surface area contributed by atoms with Gasteiger partial charge in [0.1, 0.15) is 4.90 Å². The molecule has 0 aliphatic rings. The minimum absolute atomic E-state index is 0.0661. The number of hydrogen-bond acceptors (Lipinski definition) is 4. The smallest absolute Gasteiger partial charge is 0.337 e. The van der Waals surface area contributed by atoms with Gasteiger partial charge in [0.15, 0.2) is 0 Å². The Kier molecular flexibility index (Phi) is 4.06. The van der Waals surface area contributed by atoms with Gasteiger partial charge in [-0.2, -0.15) is 0 Å². The molecule has 0 amide bonds. The van der Waals surface area contributed by atoms with E-state index in [9.17, 15) is 18.3 Å². The van der Waals surface area contributed by atoms with Gasteiger partial charge in [0.05, 0.1) is 11.3 Å². The molecule has 0 fully saturated rings. The number of aryl methyl sites for hydroxylation is 3. The Bertz CT molecular complexity index is 806. The van der Waals surface area contributed by atoms with Gasteiger partial charge in [0.2, 0.25) is 0 Å². The number of carboxylic acids is 1. The van der Waals surface area contributed by atoms with E-state index in [0.29, 0.717) is 4.88 Å². The fraction of sp³-hybridized carbons (Fsp3) is 0.214. The van der Waals surface area contributed by atoms with Crippen molar-refractivity contribution >= 4 is 33.0 Å². The fourth-order valence-corrected chi connectivity index (χ4v) is 4.63. The predicted molar refractivity (Wildman–Crippen MR) is 82.7 cm³/mol. The molecule has 0 atom stereocenters. The topological polar surface area (TPSA) is 83.5 Å². The molecule has 1 heterocycles. The summed E-state index contributed by atoms with van der Waals surface area (Å²) in [7, 11) is -3.79. The van der Waals surface area contributed by atoms with Crippen molar-refractivity contribution in [2.75, 3.05) is 4.72 Å². The average molecular weight is 325 g/mol. The highest BCUT2D eigenvalue weighted by atomic mass is 32.2. The molecule has 0 spiro atoms. The van der Waals surface area contributed by atoms with Crippen LogP contribution in [0.25, 0.3) is 0 Å². The first-order chi connectivity index (χ1) is 9.70. The van der Waals surface area contributed by atoms with Crippen molar-refractivity contribution in [3.05, 3.63) is 45.1 Å². The number of aromatic carboxylic acids is 1. The van der Waals surface area contributed by atoms with Gasteiger partial charge >= 0.3 is 5.97 Å². The van der Waals surface area contributed by atoms with Crippen molar-refractivity contribution in [2.45, 2.75) is 25.7 Å². The third-order valence-corrected chi connectivity index (χ3v) is 5.52. The van der Waals surface area contributed by atoms with E-state index in [-0.39, 0.29) is 16.1 Å². The van der Waals surface area contributed by atoms with Crippen LogP contribution in [0.2, 0.25) is 0 Å². The maximum Gasteiger partial charge on any atom is 0.337 e. The summed E-state index contributed by atoms with van der Waals surface area (Å²) in [6.07, 6.45) is 0. The second kappa shape index (κ2) is 5.50. The first-order valence-electron chi connectivity index (χ1n) is 6.14. The summed E-state index contributed by atoms with van der Waals surface area (Å²) in [6.45, 7) is 5.29. The van der Waals surface area contributed by atoms with Crippen LogP contribution < -0.4 is 4.72 Å². The Morgan fingerprint density at radius 3 is 2.38 bits per heavy atom. The first kappa shape index (κ1) is 15.5. The highest BCUT2D eigenvalue weighted by molar-refractivity contribution is 7.93. The molecule has 112 valence electrons. The second-order valence-corrected chi connectivity index (χ2v) is 7.85. The lowest BCUT2D eigenvalue weighted by atomic mass is 10.1. The largest absolute Gasteiger partial charge is 0.478 e. The minimum Gasteiger partial charge on any atom is -0.478 e. The van der Waals surface area contributed by atoms with Crippen molar-refractivity contribution in [3.63, 3.8) is 0 Å². The van der Waals surface area contributed by atoms with E-state index < -0.39 is 16.0 Å². The van der Waals surface area contributed by atoms with E-state index in [2.05, 4.69) is 4.72 Å². The third kappa shape index (κ3) is 3.25. The Balaban J connectivity index is 2.47. The van der Waals surface area contributed by atoms with E-state index in [4.69, 9.17) is 0 Å². The standard InChI is InChI=1S/C14H15NO4S2/c1-8-4-5-12(11(6-8)14(16)17)15-21(18,19)13-7-9(2)20-10(13)3/h4-7,15H,1-3H3,(H,16,17). The number of hydrogen-bond donors (Lipinski definition) is 2. The normalized spacial score (nSPS) is 11.4. The summed E-state index contributed by atoms with van der Waals surface area (Å²) in [5.41, 5.74) is 0.748. The second-order valence-electron chi connectivity index (χ2n) is 4.74. The van der Waals surface area contributed by atoms with Gasteiger partial charge in [-0.1, -0.05) is 11.6 Å². The molecule has 2 N–H and O–H groups in total. The van der Waals surface area contributed by atoms with Gasteiger partial charge in [-0.3, -0.25) is 4.72 Å². The molecule has 2 aromatic rings. The van der Waals surface area contributed by atoms with Crippen molar-refractivity contribution in [3.8, 4) is 0 Å². The van der Waals surface area contributed by atoms with Gasteiger partial charge in [0.25, 0.3) is 10.0 Å². The Morgan fingerprint density at radius 1 is 1.19 bits per heavy atom. The number of benzene rings is 1. The van der Waals surface area contributed by atoms with E-state index in [1.165, 1.54) is 23.5 Å². The van der Waals surface area contributed by atoms with Crippen molar-refractivity contribution < 1.29 is 18.3 Å². The Labute approximate surface area is 127 Å². The minimum atomic E-state index is -3.79. The van der Waals surface area contributed by atoms with Crippen LogP contribution in [0.1, 0.15) is 25.7 Å². The molecule has 0 bridgehead atoms. The molecule has 21 heavy (non-hydrogen) atoms.